The zero-order valence-corrected chi connectivity index (χ0v) is 9.70. The van der Waals surface area contributed by atoms with Crippen LogP contribution in [0.1, 0.15) is 32.5 Å². The molecule has 5 heteroatoms. The van der Waals surface area contributed by atoms with Gasteiger partial charge in [0.1, 0.15) is 11.3 Å². The number of hydrogen-bond acceptors (Lipinski definition) is 4. The Labute approximate surface area is 94.5 Å². The minimum Gasteiger partial charge on any atom is -0.382 e. The van der Waals surface area contributed by atoms with Gasteiger partial charge in [0.05, 0.1) is 6.33 Å². The zero-order valence-electron chi connectivity index (χ0n) is 9.70. The number of nitrogens with one attached hydrogen (secondary N) is 1. The molecule has 2 heterocycles. The van der Waals surface area contributed by atoms with Crippen LogP contribution in [0.3, 0.4) is 0 Å². The van der Waals surface area contributed by atoms with E-state index in [0.717, 1.165) is 17.8 Å². The molecule has 16 heavy (non-hydrogen) atoms. The lowest BCUT2D eigenvalue weighted by Gasteiger charge is -2.08. The van der Waals surface area contributed by atoms with E-state index >= 15 is 0 Å². The van der Waals surface area contributed by atoms with Gasteiger partial charge in [-0.05, 0) is 5.92 Å². The third-order valence-electron chi connectivity index (χ3n) is 2.67. The van der Waals surface area contributed by atoms with Crippen molar-refractivity contribution in [2.45, 2.75) is 33.1 Å². The van der Waals surface area contributed by atoms with Crippen molar-refractivity contribution in [2.24, 2.45) is 5.92 Å². The van der Waals surface area contributed by atoms with Crippen molar-refractivity contribution in [3.63, 3.8) is 0 Å². The van der Waals surface area contributed by atoms with E-state index in [-0.39, 0.29) is 0 Å². The van der Waals surface area contributed by atoms with Gasteiger partial charge < -0.3 is 10.7 Å². The fraction of sp³-hybridized carbons (Fsp3) is 0.545. The number of nitrogen functional groups attached to an aromatic ring is 1. The monoisotopic (exact) mass is 219 g/mol. The molecule has 5 nitrogen and oxygen atoms in total. The van der Waals surface area contributed by atoms with E-state index in [9.17, 15) is 0 Å². The lowest BCUT2D eigenvalue weighted by atomic mass is 10.0. The highest BCUT2D eigenvalue weighted by molar-refractivity contribution is 5.80. The average Bonchev–Trinajstić information content (AvgIpc) is 2.66. The molecule has 0 aliphatic carbocycles. The molecular formula is C11H17N5. The zero-order chi connectivity index (χ0) is 11.5. The fourth-order valence-corrected chi connectivity index (χ4v) is 1.90. The third kappa shape index (κ3) is 2.13. The molecule has 0 spiro atoms. The molecule has 0 radical (unpaired) electrons. The van der Waals surface area contributed by atoms with Gasteiger partial charge in [-0.3, -0.25) is 0 Å². The van der Waals surface area contributed by atoms with Crippen LogP contribution in [-0.4, -0.2) is 19.9 Å². The highest BCUT2D eigenvalue weighted by Gasteiger charge is 2.10. The summed E-state index contributed by atoms with van der Waals surface area (Å²) in [7, 11) is 0. The topological polar surface area (TPSA) is 80.5 Å². The number of hydrogen-bond donors (Lipinski definition) is 2. The molecule has 2 aromatic heterocycles. The first-order valence-corrected chi connectivity index (χ1v) is 5.66. The van der Waals surface area contributed by atoms with Crippen molar-refractivity contribution in [2.75, 3.05) is 5.73 Å². The summed E-state index contributed by atoms with van der Waals surface area (Å²) < 4.78 is 0. The Balaban J connectivity index is 2.24. The number of rotatable bonds is 4. The lowest BCUT2D eigenvalue weighted by molar-refractivity contribution is 0.510. The van der Waals surface area contributed by atoms with Gasteiger partial charge in [0.15, 0.2) is 11.5 Å². The molecule has 3 N–H and O–H groups in total. The quantitative estimate of drug-likeness (QED) is 0.823. The molecule has 0 fully saturated rings. The van der Waals surface area contributed by atoms with Gasteiger partial charge in [0.25, 0.3) is 0 Å². The van der Waals surface area contributed by atoms with E-state index in [2.05, 4.69) is 33.8 Å². The van der Waals surface area contributed by atoms with E-state index in [4.69, 9.17) is 5.73 Å². The van der Waals surface area contributed by atoms with Crippen LogP contribution in [0.2, 0.25) is 0 Å². The van der Waals surface area contributed by atoms with Gasteiger partial charge in [-0.25, -0.2) is 15.0 Å². The molecule has 0 saturated carbocycles. The van der Waals surface area contributed by atoms with Crippen molar-refractivity contribution in [3.05, 3.63) is 12.2 Å². The summed E-state index contributed by atoms with van der Waals surface area (Å²) in [6, 6.07) is 0. The Morgan fingerprint density at radius 2 is 2.25 bits per heavy atom. The van der Waals surface area contributed by atoms with Gasteiger partial charge in [-0.2, -0.15) is 0 Å². The maximum absolute atomic E-state index is 5.83. The summed E-state index contributed by atoms with van der Waals surface area (Å²) in [5.41, 5.74) is 7.22. The number of aromatic amines is 1. The normalized spacial score (nSPS) is 13.1. The number of imidazole rings is 1. The van der Waals surface area contributed by atoms with Crippen molar-refractivity contribution in [1.29, 1.82) is 0 Å². The van der Waals surface area contributed by atoms with E-state index in [0.29, 0.717) is 17.4 Å². The number of anilines is 1. The molecule has 1 atom stereocenters. The largest absolute Gasteiger partial charge is 0.382 e. The summed E-state index contributed by atoms with van der Waals surface area (Å²) in [6.45, 7) is 4.39. The number of nitrogens with zero attached hydrogens (tertiary/aromatic N) is 3. The molecule has 0 aliphatic heterocycles. The molecule has 2 aromatic rings. The SMILES string of the molecule is CCCC(C)Cc1nc(N)c2[nH]cnc2n1. The summed E-state index contributed by atoms with van der Waals surface area (Å²) in [5, 5.41) is 0. The average molecular weight is 219 g/mol. The second-order valence-corrected chi connectivity index (χ2v) is 4.22. The van der Waals surface area contributed by atoms with Crippen LogP contribution in [0.15, 0.2) is 6.33 Å². The Kier molecular flexibility index (Phi) is 3.03. The summed E-state index contributed by atoms with van der Waals surface area (Å²) in [6.07, 6.45) is 4.82. The Hall–Kier alpha value is -1.65. The smallest absolute Gasteiger partial charge is 0.183 e. The van der Waals surface area contributed by atoms with E-state index in [1.807, 2.05) is 0 Å². The second kappa shape index (κ2) is 4.47. The predicted octanol–water partition coefficient (Wildman–Crippen LogP) is 1.91. The first kappa shape index (κ1) is 10.9. The molecule has 2 rings (SSSR count). The molecule has 1 unspecified atom stereocenters. The molecule has 0 saturated heterocycles. The van der Waals surface area contributed by atoms with Crippen molar-refractivity contribution >= 4 is 17.0 Å². The van der Waals surface area contributed by atoms with Crippen molar-refractivity contribution in [3.8, 4) is 0 Å². The number of fused-ring (bicyclic) bond motifs is 1. The van der Waals surface area contributed by atoms with Gasteiger partial charge in [0.2, 0.25) is 0 Å². The first-order valence-electron chi connectivity index (χ1n) is 5.66. The van der Waals surface area contributed by atoms with Crippen LogP contribution in [-0.2, 0) is 6.42 Å². The van der Waals surface area contributed by atoms with Crippen molar-refractivity contribution in [1.82, 2.24) is 19.9 Å². The standard InChI is InChI=1S/C11H17N5/c1-3-4-7(2)5-8-15-10(12)9-11(16-8)14-6-13-9/h6-7H,3-5H2,1-2H3,(H3,12,13,14,15,16). The number of aromatic nitrogens is 4. The summed E-state index contributed by atoms with van der Waals surface area (Å²) in [4.78, 5) is 15.7. The molecule has 0 bridgehead atoms. The van der Waals surface area contributed by atoms with E-state index < -0.39 is 0 Å². The predicted molar refractivity (Wildman–Crippen MR) is 63.9 cm³/mol. The molecular weight excluding hydrogens is 202 g/mol. The second-order valence-electron chi connectivity index (χ2n) is 4.22. The maximum Gasteiger partial charge on any atom is 0.183 e. The lowest BCUT2D eigenvalue weighted by Crippen LogP contribution is -2.06. The van der Waals surface area contributed by atoms with Crippen LogP contribution in [0.5, 0.6) is 0 Å². The fourth-order valence-electron chi connectivity index (χ4n) is 1.90. The highest BCUT2D eigenvalue weighted by Crippen LogP contribution is 2.16. The van der Waals surface area contributed by atoms with Gasteiger partial charge in [-0.15, -0.1) is 0 Å². The van der Waals surface area contributed by atoms with Crippen LogP contribution in [0, 0.1) is 5.92 Å². The van der Waals surface area contributed by atoms with Crippen molar-refractivity contribution < 1.29 is 0 Å². The van der Waals surface area contributed by atoms with Crippen LogP contribution >= 0.6 is 0 Å². The third-order valence-corrected chi connectivity index (χ3v) is 2.67. The van der Waals surface area contributed by atoms with Gasteiger partial charge >= 0.3 is 0 Å². The summed E-state index contributed by atoms with van der Waals surface area (Å²) >= 11 is 0. The van der Waals surface area contributed by atoms with Crippen LogP contribution in [0.25, 0.3) is 11.2 Å². The minimum atomic E-state index is 0.487. The van der Waals surface area contributed by atoms with Gasteiger partial charge in [-0.1, -0.05) is 26.7 Å². The first-order chi connectivity index (χ1) is 7.70. The molecule has 0 aliphatic rings. The van der Waals surface area contributed by atoms with Gasteiger partial charge in [0, 0.05) is 6.42 Å². The molecule has 0 aromatic carbocycles. The molecule has 0 amide bonds. The summed E-state index contributed by atoms with van der Waals surface area (Å²) in [5.74, 6) is 1.86. The number of nitrogens with two attached hydrogens (primary N) is 1. The van der Waals surface area contributed by atoms with E-state index in [1.165, 1.54) is 12.8 Å². The molecule has 86 valence electrons. The van der Waals surface area contributed by atoms with Crippen LogP contribution < -0.4 is 5.73 Å². The maximum atomic E-state index is 5.83. The van der Waals surface area contributed by atoms with E-state index in [1.54, 1.807) is 6.33 Å². The Morgan fingerprint density at radius 3 is 3.00 bits per heavy atom. The Bertz CT molecular complexity index is 476. The Morgan fingerprint density at radius 1 is 1.44 bits per heavy atom. The highest BCUT2D eigenvalue weighted by atomic mass is 15.0. The number of H-pyrrole nitrogens is 1. The minimum absolute atomic E-state index is 0.487. The van der Waals surface area contributed by atoms with Crippen LogP contribution in [0.4, 0.5) is 5.82 Å².